The van der Waals surface area contributed by atoms with Gasteiger partial charge in [-0.1, -0.05) is 0 Å². The Balaban J connectivity index is 1.43. The van der Waals surface area contributed by atoms with Crippen LogP contribution < -0.4 is 10.5 Å². The molecule has 0 aliphatic carbocycles. The third-order valence-corrected chi connectivity index (χ3v) is 4.68. The maximum absolute atomic E-state index is 12.1. The smallest absolute Gasteiger partial charge is 0.257 e. The topological polar surface area (TPSA) is 67.2 Å². The van der Waals surface area contributed by atoms with Crippen LogP contribution >= 0.6 is 0 Å². The second-order valence-electron chi connectivity index (χ2n) is 6.36. The molecule has 0 N–H and O–H groups in total. The first-order valence-corrected chi connectivity index (χ1v) is 8.37. The lowest BCUT2D eigenvalue weighted by molar-refractivity contribution is 0.248. The number of aryl methyl sites for hydroxylation is 1. The predicted octanol–water partition coefficient (Wildman–Crippen LogP) is 1.05. The van der Waals surface area contributed by atoms with Crippen molar-refractivity contribution in [1.82, 2.24) is 24.4 Å². The minimum absolute atomic E-state index is 0.0342. The molecule has 0 bridgehead atoms. The highest BCUT2D eigenvalue weighted by atomic mass is 16.1. The summed E-state index contributed by atoms with van der Waals surface area (Å²) in [7, 11) is 1.74. The highest BCUT2D eigenvalue weighted by Crippen LogP contribution is 2.21. The van der Waals surface area contributed by atoms with Crippen molar-refractivity contribution in [3.63, 3.8) is 0 Å². The maximum atomic E-state index is 12.1. The minimum atomic E-state index is 0.0342. The van der Waals surface area contributed by atoms with Gasteiger partial charge in [0.25, 0.3) is 5.56 Å². The number of fused-ring (bicyclic) bond motifs is 1. The van der Waals surface area contributed by atoms with E-state index in [0.29, 0.717) is 6.54 Å². The van der Waals surface area contributed by atoms with E-state index in [1.54, 1.807) is 25.9 Å². The molecule has 4 rings (SSSR count). The summed E-state index contributed by atoms with van der Waals surface area (Å²) in [4.78, 5) is 29.3. The third kappa shape index (κ3) is 3.23. The van der Waals surface area contributed by atoms with Gasteiger partial charge >= 0.3 is 0 Å². The van der Waals surface area contributed by atoms with E-state index in [2.05, 4.69) is 36.9 Å². The molecule has 1 fully saturated rings. The number of piperazine rings is 1. The molecule has 0 saturated carbocycles. The van der Waals surface area contributed by atoms with Crippen molar-refractivity contribution in [2.24, 2.45) is 7.05 Å². The zero-order valence-corrected chi connectivity index (χ0v) is 14.2. The molecule has 1 saturated heterocycles. The van der Waals surface area contributed by atoms with Gasteiger partial charge in [0, 0.05) is 68.8 Å². The van der Waals surface area contributed by atoms with Crippen molar-refractivity contribution in [3.8, 4) is 0 Å². The zero-order chi connectivity index (χ0) is 17.2. The molecule has 128 valence electrons. The summed E-state index contributed by atoms with van der Waals surface area (Å²) >= 11 is 0. The van der Waals surface area contributed by atoms with Crippen LogP contribution in [0.3, 0.4) is 0 Å². The summed E-state index contributed by atoms with van der Waals surface area (Å²) in [6, 6.07) is 6.29. The van der Waals surface area contributed by atoms with E-state index in [-0.39, 0.29) is 5.56 Å². The van der Waals surface area contributed by atoms with Crippen LogP contribution in [-0.4, -0.2) is 50.6 Å². The zero-order valence-electron chi connectivity index (χ0n) is 14.2. The molecule has 0 atom stereocenters. The fourth-order valence-electron chi connectivity index (χ4n) is 3.24. The summed E-state index contributed by atoms with van der Waals surface area (Å²) in [6.45, 7) is 4.35. The normalized spacial score (nSPS) is 15.6. The average molecular weight is 336 g/mol. The largest absolute Gasteiger partial charge is 0.369 e. The molecule has 25 heavy (non-hydrogen) atoms. The molecule has 0 amide bonds. The van der Waals surface area contributed by atoms with E-state index >= 15 is 0 Å². The van der Waals surface area contributed by atoms with Crippen molar-refractivity contribution in [2.45, 2.75) is 6.54 Å². The molecule has 3 heterocycles. The summed E-state index contributed by atoms with van der Waals surface area (Å²) in [6.07, 6.45) is 6.65. The van der Waals surface area contributed by atoms with Crippen LogP contribution in [0.5, 0.6) is 0 Å². The lowest BCUT2D eigenvalue weighted by Crippen LogP contribution is -2.46. The molecule has 1 aliphatic rings. The highest BCUT2D eigenvalue weighted by molar-refractivity contribution is 5.81. The van der Waals surface area contributed by atoms with E-state index in [9.17, 15) is 4.79 Å². The number of nitrogens with zero attached hydrogens (tertiary/aromatic N) is 6. The SMILES string of the molecule is Cn1cncc(CN2CCN(c3ccc4ncncc4c3)CC2)c1=O. The van der Waals surface area contributed by atoms with E-state index in [1.807, 2.05) is 12.3 Å². The monoisotopic (exact) mass is 336 g/mol. The summed E-state index contributed by atoms with van der Waals surface area (Å²) in [5, 5.41) is 1.06. The first-order valence-electron chi connectivity index (χ1n) is 8.37. The van der Waals surface area contributed by atoms with Crippen LogP contribution in [0.25, 0.3) is 10.9 Å². The van der Waals surface area contributed by atoms with Crippen LogP contribution in [0.2, 0.25) is 0 Å². The van der Waals surface area contributed by atoms with Gasteiger partial charge in [-0.3, -0.25) is 9.69 Å². The molecular formula is C18H20N6O. The summed E-state index contributed by atoms with van der Waals surface area (Å²) in [5.74, 6) is 0. The Bertz CT molecular complexity index is 945. The average Bonchev–Trinajstić information content (AvgIpc) is 2.66. The Kier molecular flexibility index (Phi) is 4.15. The quantitative estimate of drug-likeness (QED) is 0.712. The second kappa shape index (κ2) is 6.60. The van der Waals surface area contributed by atoms with Crippen LogP contribution in [0.4, 0.5) is 5.69 Å². The molecule has 3 aromatic rings. The first-order chi connectivity index (χ1) is 12.2. The maximum Gasteiger partial charge on any atom is 0.257 e. The van der Waals surface area contributed by atoms with Gasteiger partial charge in [0.1, 0.15) is 6.33 Å². The minimum Gasteiger partial charge on any atom is -0.369 e. The molecular weight excluding hydrogens is 316 g/mol. The van der Waals surface area contributed by atoms with E-state index in [0.717, 1.165) is 42.6 Å². The molecule has 1 aliphatic heterocycles. The Morgan fingerprint density at radius 3 is 2.76 bits per heavy atom. The molecule has 7 heteroatoms. The van der Waals surface area contributed by atoms with Crippen molar-refractivity contribution in [1.29, 1.82) is 0 Å². The molecule has 0 unspecified atom stereocenters. The molecule has 2 aromatic heterocycles. The van der Waals surface area contributed by atoms with Gasteiger partial charge in [0.15, 0.2) is 0 Å². The van der Waals surface area contributed by atoms with Gasteiger partial charge in [-0.15, -0.1) is 0 Å². The van der Waals surface area contributed by atoms with E-state index < -0.39 is 0 Å². The van der Waals surface area contributed by atoms with Crippen LogP contribution in [0.15, 0.2) is 48.0 Å². The standard InChI is InChI=1S/C18H20N6O/c1-22-13-20-10-15(18(22)25)11-23-4-6-24(7-5-23)16-2-3-17-14(8-16)9-19-12-21-17/h2-3,8-10,12-13H,4-7,11H2,1H3. The van der Waals surface area contributed by atoms with Gasteiger partial charge in [-0.25, -0.2) is 15.0 Å². The molecule has 7 nitrogen and oxygen atoms in total. The number of rotatable bonds is 3. The predicted molar refractivity (Wildman–Crippen MR) is 96.5 cm³/mol. The number of anilines is 1. The Labute approximate surface area is 145 Å². The number of benzene rings is 1. The van der Waals surface area contributed by atoms with Gasteiger partial charge in [0.05, 0.1) is 11.8 Å². The van der Waals surface area contributed by atoms with Crippen molar-refractivity contribution >= 4 is 16.6 Å². The van der Waals surface area contributed by atoms with E-state index in [4.69, 9.17) is 0 Å². The van der Waals surface area contributed by atoms with Crippen LogP contribution in [0.1, 0.15) is 5.56 Å². The molecule has 0 spiro atoms. The lowest BCUT2D eigenvalue weighted by atomic mass is 10.2. The number of hydrogen-bond acceptors (Lipinski definition) is 6. The van der Waals surface area contributed by atoms with Gasteiger partial charge in [0.2, 0.25) is 0 Å². The van der Waals surface area contributed by atoms with Gasteiger partial charge < -0.3 is 9.47 Å². The van der Waals surface area contributed by atoms with Gasteiger partial charge in [-0.2, -0.15) is 0 Å². The fraction of sp³-hybridized carbons (Fsp3) is 0.333. The fourth-order valence-corrected chi connectivity index (χ4v) is 3.24. The number of hydrogen-bond donors (Lipinski definition) is 0. The Morgan fingerprint density at radius 2 is 1.92 bits per heavy atom. The van der Waals surface area contributed by atoms with Crippen LogP contribution in [-0.2, 0) is 13.6 Å². The summed E-state index contributed by atoms with van der Waals surface area (Å²) in [5.41, 5.74) is 2.94. The van der Waals surface area contributed by atoms with E-state index in [1.165, 1.54) is 10.3 Å². The third-order valence-electron chi connectivity index (χ3n) is 4.68. The van der Waals surface area contributed by atoms with Crippen molar-refractivity contribution in [2.75, 3.05) is 31.1 Å². The lowest BCUT2D eigenvalue weighted by Gasteiger charge is -2.36. The van der Waals surface area contributed by atoms with Crippen LogP contribution in [0, 0.1) is 0 Å². The number of aromatic nitrogens is 4. The summed E-state index contributed by atoms with van der Waals surface area (Å²) < 4.78 is 1.53. The Hall–Kier alpha value is -2.80. The van der Waals surface area contributed by atoms with Gasteiger partial charge in [-0.05, 0) is 18.2 Å². The Morgan fingerprint density at radius 1 is 1.08 bits per heavy atom. The second-order valence-corrected chi connectivity index (χ2v) is 6.36. The first kappa shape index (κ1) is 15.7. The molecule has 1 aromatic carbocycles. The highest BCUT2D eigenvalue weighted by Gasteiger charge is 2.18. The molecule has 0 radical (unpaired) electrons. The van der Waals surface area contributed by atoms with Crippen molar-refractivity contribution in [3.05, 3.63) is 59.2 Å². The van der Waals surface area contributed by atoms with Crippen molar-refractivity contribution < 1.29 is 0 Å².